The molecule has 0 aliphatic rings. The van der Waals surface area contributed by atoms with Crippen LogP contribution in [0.5, 0.6) is 5.75 Å². The molecule has 21 heavy (non-hydrogen) atoms. The van der Waals surface area contributed by atoms with Gasteiger partial charge in [0.2, 0.25) is 0 Å². The standard InChI is InChI=1S/C16H15NO4/c18-14-8-6-13(7-9-14)17-10-16(20)21-11-15(19)12-4-2-1-3-5-12/h1-9,17-18H,10-11H2. The van der Waals surface area contributed by atoms with E-state index in [1.54, 1.807) is 36.4 Å². The van der Waals surface area contributed by atoms with Crippen LogP contribution in [-0.2, 0) is 9.53 Å². The maximum atomic E-state index is 11.7. The number of phenolic OH excluding ortho intramolecular Hbond substituents is 1. The van der Waals surface area contributed by atoms with E-state index in [0.717, 1.165) is 0 Å². The Balaban J connectivity index is 1.75. The van der Waals surface area contributed by atoms with Crippen molar-refractivity contribution in [1.29, 1.82) is 0 Å². The lowest BCUT2D eigenvalue weighted by molar-refractivity contribution is -0.140. The van der Waals surface area contributed by atoms with Gasteiger partial charge in [0.1, 0.15) is 12.3 Å². The quantitative estimate of drug-likeness (QED) is 0.483. The summed E-state index contributed by atoms with van der Waals surface area (Å²) in [4.78, 5) is 23.3. The van der Waals surface area contributed by atoms with Crippen LogP contribution in [0.15, 0.2) is 54.6 Å². The second-order valence-corrected chi connectivity index (χ2v) is 4.35. The van der Waals surface area contributed by atoms with Gasteiger partial charge in [-0.3, -0.25) is 9.59 Å². The van der Waals surface area contributed by atoms with Crippen LogP contribution in [0, 0.1) is 0 Å². The first-order valence-electron chi connectivity index (χ1n) is 6.42. The van der Waals surface area contributed by atoms with Gasteiger partial charge >= 0.3 is 5.97 Å². The number of esters is 1. The van der Waals surface area contributed by atoms with Gasteiger partial charge in [-0.1, -0.05) is 30.3 Å². The monoisotopic (exact) mass is 285 g/mol. The Kier molecular flexibility index (Phi) is 4.93. The number of hydrogen-bond acceptors (Lipinski definition) is 5. The maximum absolute atomic E-state index is 11.7. The summed E-state index contributed by atoms with van der Waals surface area (Å²) >= 11 is 0. The second kappa shape index (κ2) is 7.09. The highest BCUT2D eigenvalue weighted by molar-refractivity contribution is 5.98. The molecule has 0 fully saturated rings. The van der Waals surface area contributed by atoms with Crippen molar-refractivity contribution in [3.05, 3.63) is 60.2 Å². The highest BCUT2D eigenvalue weighted by atomic mass is 16.5. The summed E-state index contributed by atoms with van der Waals surface area (Å²) in [6.07, 6.45) is 0. The van der Waals surface area contributed by atoms with Gasteiger partial charge in [-0.2, -0.15) is 0 Å². The molecule has 0 saturated heterocycles. The first-order valence-corrected chi connectivity index (χ1v) is 6.42. The molecule has 0 aliphatic carbocycles. The van der Waals surface area contributed by atoms with Crippen molar-refractivity contribution in [3.8, 4) is 5.75 Å². The van der Waals surface area contributed by atoms with E-state index in [2.05, 4.69) is 5.32 Å². The SMILES string of the molecule is O=C(CNc1ccc(O)cc1)OCC(=O)c1ccccc1. The van der Waals surface area contributed by atoms with E-state index < -0.39 is 5.97 Å². The van der Waals surface area contributed by atoms with Crippen LogP contribution < -0.4 is 5.32 Å². The fraction of sp³-hybridized carbons (Fsp3) is 0.125. The summed E-state index contributed by atoms with van der Waals surface area (Å²) in [6.45, 7) is -0.326. The van der Waals surface area contributed by atoms with E-state index in [0.29, 0.717) is 11.3 Å². The topological polar surface area (TPSA) is 75.6 Å². The van der Waals surface area contributed by atoms with Gasteiger partial charge in [0.05, 0.1) is 0 Å². The van der Waals surface area contributed by atoms with Crippen molar-refractivity contribution in [2.45, 2.75) is 0 Å². The third-order valence-electron chi connectivity index (χ3n) is 2.76. The fourth-order valence-corrected chi connectivity index (χ4v) is 1.66. The molecule has 0 amide bonds. The van der Waals surface area contributed by atoms with E-state index in [-0.39, 0.29) is 24.7 Å². The molecule has 5 heteroatoms. The lowest BCUT2D eigenvalue weighted by Gasteiger charge is -2.07. The number of hydrogen-bond donors (Lipinski definition) is 2. The molecule has 2 N–H and O–H groups in total. The Bertz CT molecular complexity index is 608. The minimum atomic E-state index is -0.521. The zero-order valence-corrected chi connectivity index (χ0v) is 11.3. The molecule has 0 aliphatic heterocycles. The summed E-state index contributed by atoms with van der Waals surface area (Å²) in [5, 5.41) is 12.0. The third kappa shape index (κ3) is 4.65. The highest BCUT2D eigenvalue weighted by Gasteiger charge is 2.09. The van der Waals surface area contributed by atoms with Gasteiger partial charge in [-0.05, 0) is 24.3 Å². The molecular weight excluding hydrogens is 270 g/mol. The number of ketones is 1. The molecule has 0 radical (unpaired) electrons. The molecule has 0 spiro atoms. The summed E-state index contributed by atoms with van der Waals surface area (Å²) in [6, 6.07) is 14.9. The number of anilines is 1. The normalized spacial score (nSPS) is 9.90. The summed E-state index contributed by atoms with van der Waals surface area (Å²) in [7, 11) is 0. The largest absolute Gasteiger partial charge is 0.508 e. The molecular formula is C16H15NO4. The number of Topliss-reactive ketones (excluding diaryl/α,β-unsaturated/α-hetero) is 1. The zero-order valence-electron chi connectivity index (χ0n) is 11.3. The van der Waals surface area contributed by atoms with Crippen molar-refractivity contribution in [3.63, 3.8) is 0 Å². The number of rotatable bonds is 6. The third-order valence-corrected chi connectivity index (χ3v) is 2.76. The molecule has 5 nitrogen and oxygen atoms in total. The molecule has 0 unspecified atom stereocenters. The highest BCUT2D eigenvalue weighted by Crippen LogP contribution is 2.13. The van der Waals surface area contributed by atoms with Gasteiger partial charge in [0.25, 0.3) is 0 Å². The first kappa shape index (κ1) is 14.6. The van der Waals surface area contributed by atoms with Crippen LogP contribution in [0.2, 0.25) is 0 Å². The fourth-order valence-electron chi connectivity index (χ4n) is 1.66. The smallest absolute Gasteiger partial charge is 0.325 e. The number of benzene rings is 2. The number of nitrogens with one attached hydrogen (secondary N) is 1. The van der Waals surface area contributed by atoms with Crippen LogP contribution in [0.25, 0.3) is 0 Å². The van der Waals surface area contributed by atoms with Crippen LogP contribution in [0.4, 0.5) is 5.69 Å². The van der Waals surface area contributed by atoms with Crippen molar-refractivity contribution in [2.75, 3.05) is 18.5 Å². The molecule has 0 atom stereocenters. The Morgan fingerprint density at radius 1 is 1.00 bits per heavy atom. The average molecular weight is 285 g/mol. The predicted molar refractivity (Wildman–Crippen MR) is 78.3 cm³/mol. The Hall–Kier alpha value is -2.82. The Morgan fingerprint density at radius 2 is 1.67 bits per heavy atom. The average Bonchev–Trinajstić information content (AvgIpc) is 2.53. The van der Waals surface area contributed by atoms with Gasteiger partial charge in [-0.15, -0.1) is 0 Å². The van der Waals surface area contributed by atoms with Crippen LogP contribution in [0.1, 0.15) is 10.4 Å². The van der Waals surface area contributed by atoms with E-state index in [4.69, 9.17) is 9.84 Å². The van der Waals surface area contributed by atoms with Crippen LogP contribution in [0.3, 0.4) is 0 Å². The summed E-state index contributed by atoms with van der Waals surface area (Å²) in [5.74, 6) is -0.613. The molecule has 108 valence electrons. The molecule has 0 bridgehead atoms. The number of aromatic hydroxyl groups is 1. The maximum Gasteiger partial charge on any atom is 0.325 e. The predicted octanol–water partition coefficient (Wildman–Crippen LogP) is 2.23. The summed E-state index contributed by atoms with van der Waals surface area (Å²) in [5.41, 5.74) is 1.19. The Morgan fingerprint density at radius 3 is 2.33 bits per heavy atom. The van der Waals surface area contributed by atoms with Gasteiger partial charge in [0, 0.05) is 11.3 Å². The lowest BCUT2D eigenvalue weighted by atomic mass is 10.1. The van der Waals surface area contributed by atoms with Crippen molar-refractivity contribution in [1.82, 2.24) is 0 Å². The zero-order chi connectivity index (χ0) is 15.1. The van der Waals surface area contributed by atoms with Crippen LogP contribution >= 0.6 is 0 Å². The minimum absolute atomic E-state index is 0.0488. The first-order chi connectivity index (χ1) is 10.1. The van der Waals surface area contributed by atoms with Crippen LogP contribution in [-0.4, -0.2) is 30.0 Å². The molecule has 2 aromatic carbocycles. The summed E-state index contributed by atoms with van der Waals surface area (Å²) < 4.78 is 4.90. The second-order valence-electron chi connectivity index (χ2n) is 4.35. The number of carbonyl (C=O) groups is 2. The molecule has 2 rings (SSSR count). The molecule has 0 aromatic heterocycles. The molecule has 2 aromatic rings. The van der Waals surface area contributed by atoms with Gasteiger partial charge < -0.3 is 15.2 Å². The number of carbonyl (C=O) groups excluding carboxylic acids is 2. The van der Waals surface area contributed by atoms with Crippen molar-refractivity contribution < 1.29 is 19.4 Å². The number of ether oxygens (including phenoxy) is 1. The van der Waals surface area contributed by atoms with Gasteiger partial charge in [0.15, 0.2) is 12.4 Å². The molecule has 0 heterocycles. The number of phenols is 1. The van der Waals surface area contributed by atoms with E-state index in [9.17, 15) is 9.59 Å². The molecule has 0 saturated carbocycles. The lowest BCUT2D eigenvalue weighted by Crippen LogP contribution is -2.20. The van der Waals surface area contributed by atoms with E-state index in [1.165, 1.54) is 12.1 Å². The minimum Gasteiger partial charge on any atom is -0.508 e. The van der Waals surface area contributed by atoms with Crippen molar-refractivity contribution in [2.24, 2.45) is 0 Å². The van der Waals surface area contributed by atoms with E-state index >= 15 is 0 Å². The van der Waals surface area contributed by atoms with E-state index in [1.807, 2.05) is 6.07 Å². The Labute approximate surface area is 122 Å². The van der Waals surface area contributed by atoms with Gasteiger partial charge in [-0.25, -0.2) is 0 Å². The van der Waals surface area contributed by atoms with Crippen molar-refractivity contribution >= 4 is 17.4 Å².